The van der Waals surface area contributed by atoms with Crippen LogP contribution in [0.3, 0.4) is 0 Å². The molecule has 1 saturated heterocycles. The number of hydrogen-bond donors (Lipinski definition) is 3. The average Bonchev–Trinajstić information content (AvgIpc) is 2.77. The van der Waals surface area contributed by atoms with Crippen LogP contribution in [-0.4, -0.2) is 53.0 Å². The Labute approximate surface area is 121 Å². The van der Waals surface area contributed by atoms with Crippen molar-refractivity contribution in [2.24, 2.45) is 5.92 Å². The second kappa shape index (κ2) is 6.55. The average molecular weight is 297 g/mol. The summed E-state index contributed by atoms with van der Waals surface area (Å²) in [5.41, 5.74) is 0. The van der Waals surface area contributed by atoms with E-state index in [1.165, 1.54) is 0 Å². The molecule has 4 amide bonds. The third-order valence-corrected chi connectivity index (χ3v) is 3.94. The molecule has 1 saturated carbocycles. The topological polar surface area (TPSA) is 116 Å². The number of carboxylic acid groups (broad SMARTS) is 1. The Morgan fingerprint density at radius 3 is 2.48 bits per heavy atom. The number of hydrogen-bond acceptors (Lipinski definition) is 4. The molecule has 8 nitrogen and oxygen atoms in total. The normalized spacial score (nSPS) is 21.0. The molecule has 0 bridgehead atoms. The van der Waals surface area contributed by atoms with Crippen LogP contribution in [0.5, 0.6) is 0 Å². The molecule has 116 valence electrons. The maximum absolute atomic E-state index is 11.9. The molecule has 21 heavy (non-hydrogen) atoms. The van der Waals surface area contributed by atoms with E-state index in [0.717, 1.165) is 37.0 Å². The molecule has 3 N–H and O–H groups in total. The Kier molecular flexibility index (Phi) is 4.77. The fraction of sp³-hybridized carbons (Fsp3) is 0.692. The number of nitrogens with one attached hydrogen (secondary N) is 2. The van der Waals surface area contributed by atoms with Gasteiger partial charge in [0.05, 0.1) is 6.54 Å². The van der Waals surface area contributed by atoms with Crippen molar-refractivity contribution in [2.45, 2.75) is 38.1 Å². The van der Waals surface area contributed by atoms with E-state index in [1.807, 2.05) is 0 Å². The standard InChI is InChI=1S/C13H19N3O5/c17-9(7-16-10(18)6-14-13(16)21)15-11(12(19)20)8-4-2-1-3-5-8/h8,11H,1-7H2,(H,14,21)(H,15,17)(H,19,20). The fourth-order valence-corrected chi connectivity index (χ4v) is 2.83. The smallest absolute Gasteiger partial charge is 0.326 e. The van der Waals surface area contributed by atoms with Crippen LogP contribution >= 0.6 is 0 Å². The number of nitrogens with zero attached hydrogens (tertiary/aromatic N) is 1. The summed E-state index contributed by atoms with van der Waals surface area (Å²) >= 11 is 0. The lowest BCUT2D eigenvalue weighted by atomic mass is 9.84. The van der Waals surface area contributed by atoms with Crippen LogP contribution < -0.4 is 10.6 Å². The molecule has 2 fully saturated rings. The summed E-state index contributed by atoms with van der Waals surface area (Å²) in [6.07, 6.45) is 4.52. The van der Waals surface area contributed by atoms with Crippen LogP contribution in [0.15, 0.2) is 0 Å². The van der Waals surface area contributed by atoms with Crippen LogP contribution in [0.2, 0.25) is 0 Å². The first-order chi connectivity index (χ1) is 9.99. The van der Waals surface area contributed by atoms with Crippen molar-refractivity contribution in [3.63, 3.8) is 0 Å². The number of urea groups is 1. The minimum absolute atomic E-state index is 0.0942. The first-order valence-electron chi connectivity index (χ1n) is 7.09. The third-order valence-electron chi connectivity index (χ3n) is 3.94. The predicted molar refractivity (Wildman–Crippen MR) is 71.3 cm³/mol. The van der Waals surface area contributed by atoms with Gasteiger partial charge in [-0.15, -0.1) is 0 Å². The van der Waals surface area contributed by atoms with Crippen LogP contribution in [0.25, 0.3) is 0 Å². The SMILES string of the molecule is O=C(CN1C(=O)CNC1=O)NC(C(=O)O)C1CCCCC1. The van der Waals surface area contributed by atoms with E-state index in [9.17, 15) is 24.3 Å². The Hall–Kier alpha value is -2.12. The lowest BCUT2D eigenvalue weighted by Crippen LogP contribution is -2.50. The molecule has 2 aliphatic rings. The second-order valence-electron chi connectivity index (χ2n) is 5.42. The maximum atomic E-state index is 11.9. The van der Waals surface area contributed by atoms with Gasteiger partial charge < -0.3 is 15.7 Å². The van der Waals surface area contributed by atoms with Crippen LogP contribution in [0, 0.1) is 5.92 Å². The van der Waals surface area contributed by atoms with Gasteiger partial charge in [-0.05, 0) is 18.8 Å². The Morgan fingerprint density at radius 1 is 1.29 bits per heavy atom. The van der Waals surface area contributed by atoms with E-state index in [4.69, 9.17) is 0 Å². The summed E-state index contributed by atoms with van der Waals surface area (Å²) in [6, 6.07) is -1.58. The predicted octanol–water partition coefficient (Wildman–Crippen LogP) is -0.312. The molecule has 1 aliphatic carbocycles. The van der Waals surface area contributed by atoms with E-state index in [2.05, 4.69) is 10.6 Å². The van der Waals surface area contributed by atoms with Crippen molar-refractivity contribution in [3.05, 3.63) is 0 Å². The summed E-state index contributed by atoms with van der Waals surface area (Å²) < 4.78 is 0. The monoisotopic (exact) mass is 297 g/mol. The number of aliphatic carboxylic acids is 1. The molecule has 8 heteroatoms. The van der Waals surface area contributed by atoms with E-state index in [1.54, 1.807) is 0 Å². The third kappa shape index (κ3) is 3.71. The fourth-order valence-electron chi connectivity index (χ4n) is 2.83. The van der Waals surface area contributed by atoms with Crippen molar-refractivity contribution in [2.75, 3.05) is 13.1 Å². The highest BCUT2D eigenvalue weighted by atomic mass is 16.4. The summed E-state index contributed by atoms with van der Waals surface area (Å²) in [6.45, 7) is -0.571. The molecule has 0 aromatic heterocycles. The number of carbonyl (C=O) groups excluding carboxylic acids is 3. The lowest BCUT2D eigenvalue weighted by Gasteiger charge is -2.28. The first-order valence-corrected chi connectivity index (χ1v) is 7.09. The lowest BCUT2D eigenvalue weighted by molar-refractivity contribution is -0.144. The van der Waals surface area contributed by atoms with Gasteiger partial charge in [0.1, 0.15) is 12.6 Å². The molecule has 1 aliphatic heterocycles. The number of carboxylic acids is 1. The van der Waals surface area contributed by atoms with E-state index in [0.29, 0.717) is 0 Å². The van der Waals surface area contributed by atoms with Gasteiger partial charge in [0.15, 0.2) is 0 Å². The molecule has 1 heterocycles. The summed E-state index contributed by atoms with van der Waals surface area (Å²) in [5, 5.41) is 14.0. The van der Waals surface area contributed by atoms with Crippen LogP contribution in [0.1, 0.15) is 32.1 Å². The summed E-state index contributed by atoms with van der Waals surface area (Å²) in [4.78, 5) is 46.7. The molecule has 0 aromatic rings. The Balaban J connectivity index is 1.93. The van der Waals surface area contributed by atoms with Crippen molar-refractivity contribution in [3.8, 4) is 0 Å². The highest BCUT2D eigenvalue weighted by Gasteiger charge is 2.34. The van der Waals surface area contributed by atoms with Crippen molar-refractivity contribution >= 4 is 23.8 Å². The van der Waals surface area contributed by atoms with E-state index < -0.39 is 36.4 Å². The minimum atomic E-state index is -1.08. The number of amides is 4. The molecule has 0 aromatic carbocycles. The van der Waals surface area contributed by atoms with Gasteiger partial charge in [-0.3, -0.25) is 14.5 Å². The minimum Gasteiger partial charge on any atom is -0.480 e. The molecular formula is C13H19N3O5. The molecule has 0 spiro atoms. The molecule has 1 atom stereocenters. The number of rotatable bonds is 5. The van der Waals surface area contributed by atoms with Crippen LogP contribution in [-0.2, 0) is 14.4 Å². The Morgan fingerprint density at radius 2 is 1.95 bits per heavy atom. The van der Waals surface area contributed by atoms with Gasteiger partial charge in [-0.2, -0.15) is 0 Å². The quantitative estimate of drug-likeness (QED) is 0.602. The zero-order valence-corrected chi connectivity index (χ0v) is 11.6. The first kappa shape index (κ1) is 15.3. The van der Waals surface area contributed by atoms with Crippen molar-refractivity contribution in [1.82, 2.24) is 15.5 Å². The Bertz CT molecular complexity index is 443. The highest BCUT2D eigenvalue weighted by molar-refractivity contribution is 6.04. The van der Waals surface area contributed by atoms with E-state index >= 15 is 0 Å². The molecular weight excluding hydrogens is 278 g/mol. The van der Waals surface area contributed by atoms with Gasteiger partial charge in [-0.1, -0.05) is 19.3 Å². The summed E-state index contributed by atoms with van der Waals surface area (Å²) in [5.74, 6) is -2.28. The van der Waals surface area contributed by atoms with Crippen molar-refractivity contribution in [1.29, 1.82) is 0 Å². The van der Waals surface area contributed by atoms with E-state index in [-0.39, 0.29) is 12.5 Å². The number of carbonyl (C=O) groups is 4. The van der Waals surface area contributed by atoms with Crippen molar-refractivity contribution < 1.29 is 24.3 Å². The van der Waals surface area contributed by atoms with Crippen LogP contribution in [0.4, 0.5) is 4.79 Å². The maximum Gasteiger partial charge on any atom is 0.326 e. The highest BCUT2D eigenvalue weighted by Crippen LogP contribution is 2.26. The number of imide groups is 1. The van der Waals surface area contributed by atoms with Gasteiger partial charge >= 0.3 is 12.0 Å². The molecule has 2 rings (SSSR count). The zero-order valence-electron chi connectivity index (χ0n) is 11.6. The molecule has 0 radical (unpaired) electrons. The van der Waals surface area contributed by atoms with Gasteiger partial charge in [-0.25, -0.2) is 9.59 Å². The zero-order chi connectivity index (χ0) is 15.4. The van der Waals surface area contributed by atoms with Gasteiger partial charge in [0, 0.05) is 0 Å². The van der Waals surface area contributed by atoms with Gasteiger partial charge in [0.25, 0.3) is 5.91 Å². The molecule has 1 unspecified atom stereocenters. The second-order valence-corrected chi connectivity index (χ2v) is 5.42. The summed E-state index contributed by atoms with van der Waals surface area (Å²) in [7, 11) is 0. The largest absolute Gasteiger partial charge is 0.480 e. The van der Waals surface area contributed by atoms with Gasteiger partial charge in [0.2, 0.25) is 5.91 Å².